The molecule has 1 aromatic heterocycles. The summed E-state index contributed by atoms with van der Waals surface area (Å²) < 4.78 is 7.37. The highest BCUT2D eigenvalue weighted by Crippen LogP contribution is 2.22. The molecule has 4 rings (SSSR count). The Hall–Kier alpha value is -1.67. The summed E-state index contributed by atoms with van der Waals surface area (Å²) in [6.07, 6.45) is 2.08. The van der Waals surface area contributed by atoms with Crippen LogP contribution in [0, 0.1) is 12.8 Å². The Morgan fingerprint density at radius 3 is 2.81 bits per heavy atom. The second-order valence-corrected chi connectivity index (χ2v) is 7.26. The fraction of sp³-hybridized carbons (Fsp3) is 0.579. The minimum Gasteiger partial charge on any atom is -0.379 e. The van der Waals surface area contributed by atoms with Crippen molar-refractivity contribution in [2.75, 3.05) is 52.5 Å². The van der Waals surface area contributed by atoms with E-state index in [9.17, 15) is 4.79 Å². The molecule has 1 amide bonds. The van der Waals surface area contributed by atoms with Crippen LogP contribution >= 0.6 is 12.4 Å². The first-order chi connectivity index (χ1) is 12.7. The zero-order valence-electron chi connectivity index (χ0n) is 15.7. The molecule has 0 spiro atoms. The first-order valence-electron chi connectivity index (χ1n) is 9.46. The van der Waals surface area contributed by atoms with E-state index in [-0.39, 0.29) is 18.3 Å². The van der Waals surface area contributed by atoms with Crippen molar-refractivity contribution < 1.29 is 9.53 Å². The summed E-state index contributed by atoms with van der Waals surface area (Å²) in [5.41, 5.74) is 2.70. The highest BCUT2D eigenvalue weighted by molar-refractivity contribution is 6.00. The van der Waals surface area contributed by atoms with Crippen molar-refractivity contribution in [1.29, 1.82) is 0 Å². The predicted octanol–water partition coefficient (Wildman–Crippen LogP) is 1.05. The third-order valence-electron chi connectivity index (χ3n) is 5.38. The molecule has 0 radical (unpaired) electrons. The molecule has 2 fully saturated rings. The molecule has 7 nitrogen and oxygen atoms in total. The van der Waals surface area contributed by atoms with Gasteiger partial charge in [0.2, 0.25) is 0 Å². The number of aryl methyl sites for hydroxylation is 1. The predicted molar refractivity (Wildman–Crippen MR) is 108 cm³/mol. The number of benzene rings is 1. The Bertz CT molecular complexity index is 784. The minimum atomic E-state index is -0.00592. The number of halogens is 1. The van der Waals surface area contributed by atoms with Crippen LogP contribution < -0.4 is 10.6 Å². The molecule has 1 aromatic carbocycles. The lowest BCUT2D eigenvalue weighted by Gasteiger charge is -2.26. The van der Waals surface area contributed by atoms with Gasteiger partial charge in [-0.15, -0.1) is 12.4 Å². The van der Waals surface area contributed by atoms with Crippen molar-refractivity contribution in [2.45, 2.75) is 13.5 Å². The molecule has 2 aliphatic heterocycles. The number of morpholine rings is 1. The smallest absolute Gasteiger partial charge is 0.251 e. The van der Waals surface area contributed by atoms with Gasteiger partial charge in [0, 0.05) is 68.9 Å². The third kappa shape index (κ3) is 4.60. The second-order valence-electron chi connectivity index (χ2n) is 7.26. The molecule has 2 N–H and O–H groups in total. The van der Waals surface area contributed by atoms with Crippen LogP contribution in [-0.4, -0.2) is 73.1 Å². The standard InChI is InChI=1S/C19H27N5O2.ClH/c1-14-16(19(25)21-4-5-23-6-8-26-9-7-23)2-3-18-17(14)13-24(22-18)12-15-10-20-11-15;/h2-3,13,15,20H,4-12H2,1H3,(H,21,25);1H. The lowest BCUT2D eigenvalue weighted by Crippen LogP contribution is -2.44. The maximum absolute atomic E-state index is 12.6. The summed E-state index contributed by atoms with van der Waals surface area (Å²) in [5.74, 6) is 0.654. The Balaban J connectivity index is 0.00000210. The lowest BCUT2D eigenvalue weighted by molar-refractivity contribution is 0.0383. The largest absolute Gasteiger partial charge is 0.379 e. The molecule has 0 unspecified atom stereocenters. The van der Waals surface area contributed by atoms with Crippen molar-refractivity contribution >= 4 is 29.2 Å². The van der Waals surface area contributed by atoms with Crippen LogP contribution in [0.15, 0.2) is 18.3 Å². The maximum atomic E-state index is 12.6. The quantitative estimate of drug-likeness (QED) is 0.767. The van der Waals surface area contributed by atoms with Crippen molar-refractivity contribution in [3.8, 4) is 0 Å². The van der Waals surface area contributed by atoms with Crippen molar-refractivity contribution in [2.24, 2.45) is 5.92 Å². The molecule has 0 bridgehead atoms. The second kappa shape index (κ2) is 9.01. The van der Waals surface area contributed by atoms with E-state index >= 15 is 0 Å². The summed E-state index contributed by atoms with van der Waals surface area (Å²) in [6, 6.07) is 3.85. The Labute approximate surface area is 165 Å². The van der Waals surface area contributed by atoms with E-state index in [1.807, 2.05) is 23.7 Å². The van der Waals surface area contributed by atoms with E-state index in [2.05, 4.69) is 26.8 Å². The minimum absolute atomic E-state index is 0. The average Bonchev–Trinajstić information content (AvgIpc) is 3.03. The van der Waals surface area contributed by atoms with Gasteiger partial charge in [0.05, 0.1) is 18.7 Å². The number of nitrogens with one attached hydrogen (secondary N) is 2. The van der Waals surface area contributed by atoms with Gasteiger partial charge in [-0.05, 0) is 24.6 Å². The van der Waals surface area contributed by atoms with E-state index < -0.39 is 0 Å². The van der Waals surface area contributed by atoms with Crippen LogP contribution in [0.1, 0.15) is 15.9 Å². The van der Waals surface area contributed by atoms with Gasteiger partial charge < -0.3 is 15.4 Å². The molecular formula is C19H28ClN5O2. The number of rotatable bonds is 6. The Morgan fingerprint density at radius 2 is 2.11 bits per heavy atom. The molecule has 0 aliphatic carbocycles. The molecule has 0 saturated carbocycles. The number of ether oxygens (including phenoxy) is 1. The normalized spacial score (nSPS) is 18.1. The summed E-state index contributed by atoms with van der Waals surface area (Å²) in [5, 5.41) is 12.1. The summed E-state index contributed by atoms with van der Waals surface area (Å²) in [4.78, 5) is 14.9. The fourth-order valence-electron chi connectivity index (χ4n) is 3.61. The number of hydrogen-bond acceptors (Lipinski definition) is 5. The molecule has 8 heteroatoms. The molecular weight excluding hydrogens is 366 g/mol. The van der Waals surface area contributed by atoms with Crippen molar-refractivity contribution in [1.82, 2.24) is 25.3 Å². The summed E-state index contributed by atoms with van der Waals surface area (Å²) in [7, 11) is 0. The molecule has 2 saturated heterocycles. The zero-order chi connectivity index (χ0) is 17.9. The fourth-order valence-corrected chi connectivity index (χ4v) is 3.61. The number of aromatic nitrogens is 2. The number of nitrogens with zero attached hydrogens (tertiary/aromatic N) is 3. The van der Waals surface area contributed by atoms with Crippen LogP contribution in [0.4, 0.5) is 0 Å². The monoisotopic (exact) mass is 393 g/mol. The molecule has 148 valence electrons. The van der Waals surface area contributed by atoms with Crippen LogP contribution in [0.25, 0.3) is 10.9 Å². The topological polar surface area (TPSA) is 71.4 Å². The van der Waals surface area contributed by atoms with E-state index in [0.29, 0.717) is 12.5 Å². The van der Waals surface area contributed by atoms with Gasteiger partial charge >= 0.3 is 0 Å². The van der Waals surface area contributed by atoms with Gasteiger partial charge in [0.15, 0.2) is 0 Å². The van der Waals surface area contributed by atoms with Crippen LogP contribution in [0.3, 0.4) is 0 Å². The number of hydrogen-bond donors (Lipinski definition) is 2. The molecule has 3 heterocycles. The van der Waals surface area contributed by atoms with Gasteiger partial charge in [-0.2, -0.15) is 5.10 Å². The lowest BCUT2D eigenvalue weighted by atomic mass is 10.0. The third-order valence-corrected chi connectivity index (χ3v) is 5.38. The van der Waals surface area contributed by atoms with Gasteiger partial charge in [-0.1, -0.05) is 0 Å². The molecule has 27 heavy (non-hydrogen) atoms. The van der Waals surface area contributed by atoms with E-state index in [4.69, 9.17) is 4.74 Å². The number of amides is 1. The average molecular weight is 394 g/mol. The van der Waals surface area contributed by atoms with Gasteiger partial charge in [-0.25, -0.2) is 0 Å². The molecule has 2 aromatic rings. The van der Waals surface area contributed by atoms with Crippen LogP contribution in [-0.2, 0) is 11.3 Å². The van der Waals surface area contributed by atoms with Crippen molar-refractivity contribution in [3.63, 3.8) is 0 Å². The molecule has 2 aliphatic rings. The first-order valence-corrected chi connectivity index (χ1v) is 9.46. The van der Waals surface area contributed by atoms with Gasteiger partial charge in [0.25, 0.3) is 5.91 Å². The molecule has 0 atom stereocenters. The van der Waals surface area contributed by atoms with E-state index in [1.165, 1.54) is 0 Å². The number of carbonyl (C=O) groups is 1. The maximum Gasteiger partial charge on any atom is 0.251 e. The highest BCUT2D eigenvalue weighted by atomic mass is 35.5. The number of carbonyl (C=O) groups excluding carboxylic acids is 1. The zero-order valence-corrected chi connectivity index (χ0v) is 16.6. The Morgan fingerprint density at radius 1 is 1.33 bits per heavy atom. The SMILES string of the molecule is Cc1c(C(=O)NCCN2CCOCC2)ccc2nn(CC3CNC3)cc12.Cl. The van der Waals surface area contributed by atoms with E-state index in [0.717, 1.165) is 74.5 Å². The number of fused-ring (bicyclic) bond motifs is 1. The highest BCUT2D eigenvalue weighted by Gasteiger charge is 2.19. The summed E-state index contributed by atoms with van der Waals surface area (Å²) >= 11 is 0. The summed E-state index contributed by atoms with van der Waals surface area (Å²) in [6.45, 7) is 10.0. The van der Waals surface area contributed by atoms with Gasteiger partial charge in [0.1, 0.15) is 0 Å². The van der Waals surface area contributed by atoms with Crippen LogP contribution in [0.5, 0.6) is 0 Å². The first kappa shape index (κ1) is 20.1. The Kier molecular flexibility index (Phi) is 6.70. The van der Waals surface area contributed by atoms with Gasteiger partial charge in [-0.3, -0.25) is 14.4 Å². The van der Waals surface area contributed by atoms with Crippen LogP contribution in [0.2, 0.25) is 0 Å². The van der Waals surface area contributed by atoms with Crippen molar-refractivity contribution in [3.05, 3.63) is 29.5 Å². The van der Waals surface area contributed by atoms with E-state index in [1.54, 1.807) is 0 Å².